The van der Waals surface area contributed by atoms with Gasteiger partial charge in [-0.3, -0.25) is 4.79 Å². The molecule has 0 radical (unpaired) electrons. The lowest BCUT2D eigenvalue weighted by atomic mass is 10.0. The summed E-state index contributed by atoms with van der Waals surface area (Å²) in [7, 11) is 0. The van der Waals surface area contributed by atoms with E-state index in [0.717, 1.165) is 10.0 Å². The number of nitrogens with two attached hydrogens (primary N) is 1. The van der Waals surface area contributed by atoms with Crippen molar-refractivity contribution in [2.45, 2.75) is 19.9 Å². The lowest BCUT2D eigenvalue weighted by Crippen LogP contribution is -2.47. The number of nitrogen functional groups attached to an aromatic ring is 1. The Morgan fingerprint density at radius 1 is 1.56 bits per heavy atom. The number of morpholine rings is 1. The minimum Gasteiger partial charge on any atom is -0.398 e. The third-order valence-corrected chi connectivity index (χ3v) is 3.73. The SMILES string of the molecule is Cc1c(N)cc(Br)cc1C(=O)N1CCOC[C@H]1C. The molecule has 2 rings (SSSR count). The molecule has 0 unspecified atom stereocenters. The van der Waals surface area contributed by atoms with Gasteiger partial charge in [-0.15, -0.1) is 0 Å². The van der Waals surface area contributed by atoms with Crippen LogP contribution in [0.25, 0.3) is 0 Å². The molecular formula is C13H17BrN2O2. The number of benzene rings is 1. The van der Waals surface area contributed by atoms with Crippen LogP contribution >= 0.6 is 15.9 Å². The van der Waals surface area contributed by atoms with Crippen LogP contribution < -0.4 is 5.73 Å². The average Bonchev–Trinajstić information content (AvgIpc) is 2.33. The van der Waals surface area contributed by atoms with Gasteiger partial charge in [0.1, 0.15) is 0 Å². The van der Waals surface area contributed by atoms with E-state index in [9.17, 15) is 4.79 Å². The van der Waals surface area contributed by atoms with E-state index in [0.29, 0.717) is 31.0 Å². The number of ether oxygens (including phenoxy) is 1. The Kier molecular flexibility index (Phi) is 3.92. The highest BCUT2D eigenvalue weighted by Crippen LogP contribution is 2.25. The van der Waals surface area contributed by atoms with Gasteiger partial charge in [0.25, 0.3) is 5.91 Å². The molecule has 1 amide bonds. The van der Waals surface area contributed by atoms with E-state index in [1.54, 1.807) is 0 Å². The molecule has 1 aliphatic rings. The lowest BCUT2D eigenvalue weighted by Gasteiger charge is -2.33. The van der Waals surface area contributed by atoms with Gasteiger partial charge >= 0.3 is 0 Å². The first-order valence-corrected chi connectivity index (χ1v) is 6.74. The second kappa shape index (κ2) is 5.28. The Hall–Kier alpha value is -1.07. The molecule has 18 heavy (non-hydrogen) atoms. The van der Waals surface area contributed by atoms with Gasteiger partial charge in [-0.2, -0.15) is 0 Å². The highest BCUT2D eigenvalue weighted by Gasteiger charge is 2.26. The summed E-state index contributed by atoms with van der Waals surface area (Å²) in [6.07, 6.45) is 0. The van der Waals surface area contributed by atoms with Crippen molar-refractivity contribution >= 4 is 27.5 Å². The molecule has 0 bridgehead atoms. The van der Waals surface area contributed by atoms with E-state index in [-0.39, 0.29) is 11.9 Å². The largest absolute Gasteiger partial charge is 0.398 e. The van der Waals surface area contributed by atoms with Gasteiger partial charge in [-0.25, -0.2) is 0 Å². The highest BCUT2D eigenvalue weighted by molar-refractivity contribution is 9.10. The van der Waals surface area contributed by atoms with Crippen molar-refractivity contribution in [3.63, 3.8) is 0 Å². The number of carbonyl (C=O) groups is 1. The van der Waals surface area contributed by atoms with Crippen LogP contribution in [0.15, 0.2) is 16.6 Å². The fourth-order valence-electron chi connectivity index (χ4n) is 2.11. The van der Waals surface area contributed by atoms with Gasteiger partial charge in [0.05, 0.1) is 19.3 Å². The lowest BCUT2D eigenvalue weighted by molar-refractivity contribution is 0.00355. The molecule has 1 aromatic rings. The molecule has 1 fully saturated rings. The summed E-state index contributed by atoms with van der Waals surface area (Å²) < 4.78 is 6.18. The van der Waals surface area contributed by atoms with Crippen molar-refractivity contribution in [2.24, 2.45) is 0 Å². The number of amides is 1. The van der Waals surface area contributed by atoms with Crippen LogP contribution in [0.4, 0.5) is 5.69 Å². The molecule has 1 heterocycles. The molecule has 98 valence electrons. The third-order valence-electron chi connectivity index (χ3n) is 3.27. The molecule has 1 atom stereocenters. The van der Waals surface area contributed by atoms with Crippen LogP contribution in [0.2, 0.25) is 0 Å². The van der Waals surface area contributed by atoms with E-state index >= 15 is 0 Å². The van der Waals surface area contributed by atoms with Crippen molar-refractivity contribution in [1.82, 2.24) is 4.90 Å². The third kappa shape index (κ3) is 2.52. The van der Waals surface area contributed by atoms with Crippen molar-refractivity contribution in [3.05, 3.63) is 27.7 Å². The molecule has 0 aliphatic carbocycles. The number of anilines is 1. The first-order chi connectivity index (χ1) is 8.50. The van der Waals surface area contributed by atoms with E-state index in [2.05, 4.69) is 15.9 Å². The molecule has 2 N–H and O–H groups in total. The Morgan fingerprint density at radius 3 is 2.94 bits per heavy atom. The fraction of sp³-hybridized carbons (Fsp3) is 0.462. The number of hydrogen-bond donors (Lipinski definition) is 1. The monoisotopic (exact) mass is 312 g/mol. The second-order valence-electron chi connectivity index (χ2n) is 4.59. The highest BCUT2D eigenvalue weighted by atomic mass is 79.9. The van der Waals surface area contributed by atoms with Crippen LogP contribution in [-0.4, -0.2) is 36.6 Å². The van der Waals surface area contributed by atoms with E-state index in [1.807, 2.05) is 30.9 Å². The minimum atomic E-state index is 0.0244. The maximum absolute atomic E-state index is 12.5. The van der Waals surface area contributed by atoms with Gasteiger partial charge in [0.2, 0.25) is 0 Å². The Morgan fingerprint density at radius 2 is 2.28 bits per heavy atom. The summed E-state index contributed by atoms with van der Waals surface area (Å²) in [4.78, 5) is 14.4. The number of hydrogen-bond acceptors (Lipinski definition) is 3. The zero-order valence-corrected chi connectivity index (χ0v) is 12.2. The first-order valence-electron chi connectivity index (χ1n) is 5.95. The summed E-state index contributed by atoms with van der Waals surface area (Å²) in [6, 6.07) is 3.75. The van der Waals surface area contributed by atoms with Gasteiger partial charge in [0.15, 0.2) is 0 Å². The van der Waals surface area contributed by atoms with E-state index in [4.69, 9.17) is 10.5 Å². The summed E-state index contributed by atoms with van der Waals surface area (Å²) in [5, 5.41) is 0. The Labute approximate surface area is 115 Å². The summed E-state index contributed by atoms with van der Waals surface area (Å²) in [6.45, 7) is 5.69. The summed E-state index contributed by atoms with van der Waals surface area (Å²) in [5.41, 5.74) is 8.03. The van der Waals surface area contributed by atoms with Gasteiger partial charge in [0, 0.05) is 22.3 Å². The fourth-order valence-corrected chi connectivity index (χ4v) is 2.58. The molecule has 0 aromatic heterocycles. The van der Waals surface area contributed by atoms with Gasteiger partial charge in [-0.05, 0) is 31.5 Å². The van der Waals surface area contributed by atoms with Gasteiger partial charge < -0.3 is 15.4 Å². The smallest absolute Gasteiger partial charge is 0.254 e. The van der Waals surface area contributed by atoms with Crippen LogP contribution in [0.5, 0.6) is 0 Å². The molecule has 1 aromatic carbocycles. The van der Waals surface area contributed by atoms with Crippen LogP contribution in [0.3, 0.4) is 0 Å². The Balaban J connectivity index is 2.33. The first kappa shape index (κ1) is 13.4. The molecule has 5 heteroatoms. The average molecular weight is 313 g/mol. The van der Waals surface area contributed by atoms with Crippen molar-refractivity contribution in [1.29, 1.82) is 0 Å². The van der Waals surface area contributed by atoms with Gasteiger partial charge in [-0.1, -0.05) is 15.9 Å². The Bertz CT molecular complexity index is 476. The zero-order valence-electron chi connectivity index (χ0n) is 10.6. The predicted molar refractivity (Wildman–Crippen MR) is 74.6 cm³/mol. The summed E-state index contributed by atoms with van der Waals surface area (Å²) >= 11 is 3.38. The zero-order chi connectivity index (χ0) is 13.3. The molecule has 1 saturated heterocycles. The van der Waals surface area contributed by atoms with Crippen molar-refractivity contribution < 1.29 is 9.53 Å². The van der Waals surface area contributed by atoms with E-state index < -0.39 is 0 Å². The molecule has 1 aliphatic heterocycles. The number of halogens is 1. The molecular weight excluding hydrogens is 296 g/mol. The van der Waals surface area contributed by atoms with Crippen LogP contribution in [0.1, 0.15) is 22.8 Å². The standard InChI is InChI=1S/C13H17BrN2O2/c1-8-7-18-4-3-16(8)13(17)11-5-10(14)6-12(15)9(11)2/h5-6,8H,3-4,7,15H2,1-2H3/t8-/m1/s1. The number of nitrogens with zero attached hydrogens (tertiary/aromatic N) is 1. The summed E-state index contributed by atoms with van der Waals surface area (Å²) in [5.74, 6) is 0.0244. The van der Waals surface area contributed by atoms with Crippen molar-refractivity contribution in [2.75, 3.05) is 25.5 Å². The second-order valence-corrected chi connectivity index (χ2v) is 5.51. The normalized spacial score (nSPS) is 19.9. The number of rotatable bonds is 1. The molecule has 4 nitrogen and oxygen atoms in total. The quantitative estimate of drug-likeness (QED) is 0.809. The number of carbonyl (C=O) groups excluding carboxylic acids is 1. The molecule has 0 saturated carbocycles. The van der Waals surface area contributed by atoms with Crippen LogP contribution in [-0.2, 0) is 4.74 Å². The predicted octanol–water partition coefficient (Wildman–Crippen LogP) is 2.20. The van der Waals surface area contributed by atoms with Crippen molar-refractivity contribution in [3.8, 4) is 0 Å². The maximum Gasteiger partial charge on any atom is 0.254 e. The topological polar surface area (TPSA) is 55.6 Å². The molecule has 0 spiro atoms. The minimum absolute atomic E-state index is 0.0244. The van der Waals surface area contributed by atoms with E-state index in [1.165, 1.54) is 0 Å². The van der Waals surface area contributed by atoms with Crippen LogP contribution in [0, 0.1) is 6.92 Å². The maximum atomic E-state index is 12.5.